The molecule has 0 aliphatic heterocycles. The van der Waals surface area contributed by atoms with Gasteiger partial charge in [-0.2, -0.15) is 10.2 Å². The highest BCUT2D eigenvalue weighted by molar-refractivity contribution is 6.03. The van der Waals surface area contributed by atoms with Crippen LogP contribution in [0.3, 0.4) is 0 Å². The number of carbonyl (C=O) groups excluding carboxylic acids is 1. The average Bonchev–Trinajstić information content (AvgIpc) is 2.75. The van der Waals surface area contributed by atoms with E-state index in [1.165, 1.54) is 6.07 Å². The van der Waals surface area contributed by atoms with E-state index in [1.54, 1.807) is 24.1 Å². The SMILES string of the molecule is Cn1cc(NC(=O)c2cc(N)n[nH]2)cn1. The fourth-order valence-corrected chi connectivity index (χ4v) is 1.14. The summed E-state index contributed by atoms with van der Waals surface area (Å²) in [6.07, 6.45) is 3.25. The minimum absolute atomic E-state index is 0.284. The highest BCUT2D eigenvalue weighted by Gasteiger charge is 2.09. The molecule has 0 bridgehead atoms. The number of hydrogen-bond donors (Lipinski definition) is 3. The number of aromatic nitrogens is 4. The lowest BCUT2D eigenvalue weighted by molar-refractivity contribution is 0.102. The number of aryl methyl sites for hydroxylation is 1. The second kappa shape index (κ2) is 3.45. The van der Waals surface area contributed by atoms with Crippen LogP contribution in [0, 0.1) is 0 Å². The topological polar surface area (TPSA) is 102 Å². The van der Waals surface area contributed by atoms with Gasteiger partial charge < -0.3 is 11.1 Å². The molecule has 0 atom stereocenters. The summed E-state index contributed by atoms with van der Waals surface area (Å²) in [5, 5.41) is 12.7. The number of rotatable bonds is 2. The van der Waals surface area contributed by atoms with Gasteiger partial charge in [-0.3, -0.25) is 14.6 Å². The zero-order chi connectivity index (χ0) is 10.8. The predicted molar refractivity (Wildman–Crippen MR) is 54.2 cm³/mol. The first kappa shape index (κ1) is 9.25. The highest BCUT2D eigenvalue weighted by atomic mass is 16.1. The second-order valence-corrected chi connectivity index (χ2v) is 3.06. The van der Waals surface area contributed by atoms with Gasteiger partial charge in [-0.15, -0.1) is 0 Å². The van der Waals surface area contributed by atoms with Gasteiger partial charge in [0.25, 0.3) is 5.91 Å². The van der Waals surface area contributed by atoms with Crippen molar-refractivity contribution in [2.75, 3.05) is 11.1 Å². The quantitative estimate of drug-likeness (QED) is 0.642. The molecule has 2 aromatic rings. The Bertz CT molecular complexity index is 485. The highest BCUT2D eigenvalue weighted by Crippen LogP contribution is 2.07. The van der Waals surface area contributed by atoms with E-state index in [1.807, 2.05) is 0 Å². The van der Waals surface area contributed by atoms with E-state index in [0.29, 0.717) is 11.4 Å². The van der Waals surface area contributed by atoms with Crippen molar-refractivity contribution in [2.24, 2.45) is 7.05 Å². The Morgan fingerprint density at radius 1 is 1.67 bits per heavy atom. The van der Waals surface area contributed by atoms with Gasteiger partial charge in [-0.1, -0.05) is 0 Å². The van der Waals surface area contributed by atoms with Crippen LogP contribution in [0.25, 0.3) is 0 Å². The summed E-state index contributed by atoms with van der Waals surface area (Å²) in [5.74, 6) is -0.0152. The fraction of sp³-hybridized carbons (Fsp3) is 0.125. The van der Waals surface area contributed by atoms with Crippen molar-refractivity contribution in [2.45, 2.75) is 0 Å². The maximum Gasteiger partial charge on any atom is 0.273 e. The van der Waals surface area contributed by atoms with Gasteiger partial charge in [0.2, 0.25) is 0 Å². The molecule has 0 unspecified atom stereocenters. The lowest BCUT2D eigenvalue weighted by Gasteiger charge is -1.97. The van der Waals surface area contributed by atoms with E-state index in [2.05, 4.69) is 20.6 Å². The molecule has 7 nitrogen and oxygen atoms in total. The molecule has 0 aliphatic rings. The normalized spacial score (nSPS) is 10.2. The van der Waals surface area contributed by atoms with E-state index in [-0.39, 0.29) is 11.7 Å². The van der Waals surface area contributed by atoms with Crippen molar-refractivity contribution in [1.82, 2.24) is 20.0 Å². The van der Waals surface area contributed by atoms with Crippen molar-refractivity contribution in [3.05, 3.63) is 24.2 Å². The maximum atomic E-state index is 11.6. The lowest BCUT2D eigenvalue weighted by atomic mass is 10.4. The summed E-state index contributed by atoms with van der Waals surface area (Å²) in [7, 11) is 1.77. The van der Waals surface area contributed by atoms with Gasteiger partial charge in [-0.25, -0.2) is 0 Å². The number of H-pyrrole nitrogens is 1. The van der Waals surface area contributed by atoms with E-state index in [0.717, 1.165) is 0 Å². The molecule has 2 aromatic heterocycles. The standard InChI is InChI=1S/C8H10N6O/c1-14-4-5(3-10-14)11-8(15)6-2-7(9)13-12-6/h2-4H,1H3,(H,11,15)(H3,9,12,13). The van der Waals surface area contributed by atoms with Crippen molar-refractivity contribution in [3.63, 3.8) is 0 Å². The smallest absolute Gasteiger partial charge is 0.273 e. The largest absolute Gasteiger partial charge is 0.382 e. The fourth-order valence-electron chi connectivity index (χ4n) is 1.14. The van der Waals surface area contributed by atoms with Crippen LogP contribution in [0.1, 0.15) is 10.5 Å². The molecule has 15 heavy (non-hydrogen) atoms. The Balaban J connectivity index is 2.10. The number of nitrogens with two attached hydrogens (primary N) is 1. The van der Waals surface area contributed by atoms with Gasteiger partial charge in [0.15, 0.2) is 0 Å². The molecule has 4 N–H and O–H groups in total. The zero-order valence-corrected chi connectivity index (χ0v) is 8.06. The van der Waals surface area contributed by atoms with Crippen molar-refractivity contribution < 1.29 is 4.79 Å². The predicted octanol–water partition coefficient (Wildman–Crippen LogP) is -0.0223. The van der Waals surface area contributed by atoms with Crippen LogP contribution < -0.4 is 11.1 Å². The summed E-state index contributed by atoms with van der Waals surface area (Å²) in [6.45, 7) is 0. The number of nitrogens with one attached hydrogen (secondary N) is 2. The molecule has 0 spiro atoms. The number of carbonyl (C=O) groups is 1. The van der Waals surface area contributed by atoms with Crippen LogP contribution in [0.2, 0.25) is 0 Å². The molecule has 0 fully saturated rings. The molecule has 0 aliphatic carbocycles. The monoisotopic (exact) mass is 206 g/mol. The number of amides is 1. The van der Waals surface area contributed by atoms with E-state index < -0.39 is 0 Å². The summed E-state index contributed by atoms with van der Waals surface area (Å²) in [5.41, 5.74) is 6.31. The van der Waals surface area contributed by atoms with Gasteiger partial charge in [0.05, 0.1) is 11.9 Å². The van der Waals surface area contributed by atoms with Crippen LogP contribution in [-0.2, 0) is 7.05 Å². The van der Waals surface area contributed by atoms with E-state index in [4.69, 9.17) is 5.73 Å². The summed E-state index contributed by atoms with van der Waals surface area (Å²) >= 11 is 0. The number of nitrogens with zero attached hydrogens (tertiary/aromatic N) is 3. The first-order valence-corrected chi connectivity index (χ1v) is 4.26. The molecule has 1 amide bonds. The number of hydrogen-bond acceptors (Lipinski definition) is 4. The summed E-state index contributed by atoms with van der Waals surface area (Å²) in [6, 6.07) is 1.46. The Morgan fingerprint density at radius 3 is 3.00 bits per heavy atom. The Hall–Kier alpha value is -2.31. The van der Waals surface area contributed by atoms with Crippen LogP contribution in [-0.4, -0.2) is 25.9 Å². The summed E-state index contributed by atoms with van der Waals surface area (Å²) in [4.78, 5) is 11.6. The van der Waals surface area contributed by atoms with Crippen molar-refractivity contribution in [1.29, 1.82) is 0 Å². The van der Waals surface area contributed by atoms with Gasteiger partial charge in [0.1, 0.15) is 11.5 Å². The zero-order valence-electron chi connectivity index (χ0n) is 8.06. The molecule has 0 saturated carbocycles. The van der Waals surface area contributed by atoms with Crippen LogP contribution in [0.4, 0.5) is 11.5 Å². The molecule has 78 valence electrons. The third-order valence-electron chi connectivity index (χ3n) is 1.81. The Labute approximate surface area is 85.3 Å². The minimum atomic E-state index is -0.299. The average molecular weight is 206 g/mol. The molecule has 2 rings (SSSR count). The van der Waals surface area contributed by atoms with E-state index >= 15 is 0 Å². The first-order valence-electron chi connectivity index (χ1n) is 4.26. The molecule has 0 radical (unpaired) electrons. The molecule has 2 heterocycles. The van der Waals surface area contributed by atoms with Crippen LogP contribution in [0.15, 0.2) is 18.5 Å². The van der Waals surface area contributed by atoms with Crippen LogP contribution in [0.5, 0.6) is 0 Å². The number of anilines is 2. The lowest BCUT2D eigenvalue weighted by Crippen LogP contribution is -2.11. The minimum Gasteiger partial charge on any atom is -0.382 e. The molecule has 0 aromatic carbocycles. The third-order valence-corrected chi connectivity index (χ3v) is 1.81. The maximum absolute atomic E-state index is 11.6. The number of aromatic amines is 1. The second-order valence-electron chi connectivity index (χ2n) is 3.06. The molecular weight excluding hydrogens is 196 g/mol. The van der Waals surface area contributed by atoms with Crippen LogP contribution >= 0.6 is 0 Å². The molecule has 7 heteroatoms. The van der Waals surface area contributed by atoms with Crippen molar-refractivity contribution in [3.8, 4) is 0 Å². The van der Waals surface area contributed by atoms with Gasteiger partial charge in [0, 0.05) is 19.3 Å². The number of nitrogen functional groups attached to an aromatic ring is 1. The molecule has 0 saturated heterocycles. The Morgan fingerprint density at radius 2 is 2.47 bits per heavy atom. The Kier molecular flexibility index (Phi) is 2.13. The van der Waals surface area contributed by atoms with Gasteiger partial charge >= 0.3 is 0 Å². The van der Waals surface area contributed by atoms with Gasteiger partial charge in [-0.05, 0) is 0 Å². The third kappa shape index (κ3) is 1.96. The van der Waals surface area contributed by atoms with E-state index in [9.17, 15) is 4.79 Å². The molecular formula is C8H10N6O. The van der Waals surface area contributed by atoms with Crippen molar-refractivity contribution >= 4 is 17.4 Å². The first-order chi connectivity index (χ1) is 7.15. The summed E-state index contributed by atoms with van der Waals surface area (Å²) < 4.78 is 1.59.